The van der Waals surface area contributed by atoms with Gasteiger partial charge in [-0.1, -0.05) is 60.7 Å². The van der Waals surface area contributed by atoms with Gasteiger partial charge in [-0.2, -0.15) is 0 Å². The molecule has 7 heteroatoms. The molecule has 1 spiro atoms. The molecular formula is C31H40NO6+. The van der Waals surface area contributed by atoms with Crippen molar-refractivity contribution in [2.45, 2.75) is 88.7 Å². The van der Waals surface area contributed by atoms with Crippen LogP contribution in [0.1, 0.15) is 70.4 Å². The lowest BCUT2D eigenvalue weighted by molar-refractivity contribution is -0.956. The van der Waals surface area contributed by atoms with Crippen LogP contribution in [0.3, 0.4) is 0 Å². The van der Waals surface area contributed by atoms with Crippen LogP contribution in [0.4, 0.5) is 4.79 Å². The lowest BCUT2D eigenvalue weighted by Gasteiger charge is -2.47. The normalized spacial score (nSPS) is 24.2. The van der Waals surface area contributed by atoms with E-state index in [-0.39, 0.29) is 6.10 Å². The van der Waals surface area contributed by atoms with Crippen molar-refractivity contribution in [3.63, 3.8) is 0 Å². The van der Waals surface area contributed by atoms with Crippen molar-refractivity contribution in [1.82, 2.24) is 0 Å². The first-order valence-corrected chi connectivity index (χ1v) is 13.9. The van der Waals surface area contributed by atoms with Gasteiger partial charge in [0.2, 0.25) is 5.60 Å². The standard InChI is InChI=1S/C31H40NO6/c1-30(2,3)38-29(34)35-22-36-31(23-12-6-4-7-13-23,24-14-8-5-9-15-24)28(33)37-27-20-25-16-17-26(21-27)32(25)18-10-11-19-32/h4-9,12-15,25-27H,10-11,16-22H2,1-3H3/q+1. The van der Waals surface area contributed by atoms with Gasteiger partial charge >= 0.3 is 12.1 Å². The van der Waals surface area contributed by atoms with E-state index < -0.39 is 30.1 Å². The molecule has 3 heterocycles. The van der Waals surface area contributed by atoms with Crippen molar-refractivity contribution < 1.29 is 33.0 Å². The highest BCUT2D eigenvalue weighted by molar-refractivity contribution is 5.86. The Balaban J connectivity index is 1.41. The summed E-state index contributed by atoms with van der Waals surface area (Å²) in [6, 6.07) is 19.7. The molecule has 3 aliphatic heterocycles. The molecule has 204 valence electrons. The van der Waals surface area contributed by atoms with Gasteiger partial charge in [-0.15, -0.1) is 0 Å². The van der Waals surface area contributed by atoms with Gasteiger partial charge in [-0.3, -0.25) is 0 Å². The predicted octanol–water partition coefficient (Wildman–Crippen LogP) is 5.70. The monoisotopic (exact) mass is 522 g/mol. The predicted molar refractivity (Wildman–Crippen MR) is 142 cm³/mol. The molecule has 3 aliphatic rings. The van der Waals surface area contributed by atoms with E-state index in [9.17, 15) is 9.59 Å². The molecule has 0 amide bonds. The average Bonchev–Trinajstić information content (AvgIpc) is 3.43. The molecule has 3 saturated heterocycles. The fourth-order valence-electron chi connectivity index (χ4n) is 6.96. The third kappa shape index (κ3) is 5.19. The topological polar surface area (TPSA) is 71.1 Å². The molecule has 2 bridgehead atoms. The van der Waals surface area contributed by atoms with Crippen LogP contribution in [-0.2, 0) is 29.3 Å². The minimum Gasteiger partial charge on any atom is -0.459 e. The number of piperidine rings is 1. The van der Waals surface area contributed by atoms with Crippen LogP contribution >= 0.6 is 0 Å². The summed E-state index contributed by atoms with van der Waals surface area (Å²) in [4.78, 5) is 26.5. The number of hydrogen-bond acceptors (Lipinski definition) is 6. The third-order valence-electron chi connectivity index (χ3n) is 8.52. The Morgan fingerprint density at radius 1 is 0.842 bits per heavy atom. The van der Waals surface area contributed by atoms with Crippen molar-refractivity contribution >= 4 is 12.1 Å². The molecule has 2 atom stereocenters. The van der Waals surface area contributed by atoms with E-state index in [4.69, 9.17) is 18.9 Å². The molecule has 3 fully saturated rings. The number of ether oxygens (including phenoxy) is 4. The number of carbonyl (C=O) groups excluding carboxylic acids is 2. The molecule has 2 unspecified atom stereocenters. The number of esters is 1. The van der Waals surface area contributed by atoms with Crippen molar-refractivity contribution in [2.75, 3.05) is 19.9 Å². The van der Waals surface area contributed by atoms with Gasteiger partial charge in [0.1, 0.15) is 11.7 Å². The first kappa shape index (κ1) is 26.7. The Morgan fingerprint density at radius 2 is 1.37 bits per heavy atom. The lowest BCUT2D eigenvalue weighted by atomic mass is 9.85. The molecule has 2 aromatic rings. The first-order valence-electron chi connectivity index (χ1n) is 13.9. The number of hydrogen-bond donors (Lipinski definition) is 0. The van der Waals surface area contributed by atoms with E-state index >= 15 is 0 Å². The number of benzene rings is 2. The Labute approximate surface area is 225 Å². The van der Waals surface area contributed by atoms with Gasteiger partial charge in [-0.05, 0) is 31.9 Å². The SMILES string of the molecule is CC(C)(C)OC(=O)OCOC(C(=O)OC1CC2CCC(C1)[N+]21CCCC1)(c1ccccc1)c1ccccc1. The van der Waals surface area contributed by atoms with Gasteiger partial charge in [0.05, 0.1) is 25.2 Å². The van der Waals surface area contributed by atoms with Crippen LogP contribution in [0.25, 0.3) is 0 Å². The fraction of sp³-hybridized carbons (Fsp3) is 0.548. The Bertz CT molecular complexity index is 1050. The van der Waals surface area contributed by atoms with Gasteiger partial charge < -0.3 is 23.4 Å². The molecule has 0 aliphatic carbocycles. The summed E-state index contributed by atoms with van der Waals surface area (Å²) in [6.07, 6.45) is 5.77. The highest BCUT2D eigenvalue weighted by Crippen LogP contribution is 2.47. The number of rotatable bonds is 7. The van der Waals surface area contributed by atoms with Crippen molar-refractivity contribution in [3.8, 4) is 0 Å². The van der Waals surface area contributed by atoms with Crippen molar-refractivity contribution in [1.29, 1.82) is 0 Å². The zero-order valence-corrected chi connectivity index (χ0v) is 22.8. The maximum Gasteiger partial charge on any atom is 0.510 e. The molecule has 0 N–H and O–H groups in total. The van der Waals surface area contributed by atoms with Crippen molar-refractivity contribution in [3.05, 3.63) is 71.8 Å². The molecule has 38 heavy (non-hydrogen) atoms. The van der Waals surface area contributed by atoms with E-state index in [0.717, 1.165) is 12.8 Å². The van der Waals surface area contributed by atoms with Crippen LogP contribution in [0.2, 0.25) is 0 Å². The molecular weight excluding hydrogens is 482 g/mol. The lowest BCUT2D eigenvalue weighted by Crippen LogP contribution is -2.60. The number of carbonyl (C=O) groups is 2. The summed E-state index contributed by atoms with van der Waals surface area (Å²) in [5.41, 5.74) is -1.07. The highest BCUT2D eigenvalue weighted by Gasteiger charge is 2.57. The summed E-state index contributed by atoms with van der Waals surface area (Å²) >= 11 is 0. The largest absolute Gasteiger partial charge is 0.510 e. The Hall–Kier alpha value is -2.90. The van der Waals surface area contributed by atoms with E-state index in [1.165, 1.54) is 43.3 Å². The molecule has 0 radical (unpaired) electrons. The first-order chi connectivity index (χ1) is 18.2. The molecule has 2 aromatic carbocycles. The molecule has 5 rings (SSSR count). The third-order valence-corrected chi connectivity index (χ3v) is 8.52. The van der Waals surface area contributed by atoms with Crippen LogP contribution in [0, 0.1) is 0 Å². The zero-order valence-electron chi connectivity index (χ0n) is 22.8. The number of nitrogens with zero attached hydrogens (tertiary/aromatic N) is 1. The van der Waals surface area contributed by atoms with Gasteiger partial charge in [-0.25, -0.2) is 9.59 Å². The maximum absolute atomic E-state index is 14.3. The second-order valence-corrected chi connectivity index (χ2v) is 11.9. The second kappa shape index (κ2) is 10.7. The summed E-state index contributed by atoms with van der Waals surface area (Å²) < 4.78 is 24.4. The highest BCUT2D eigenvalue weighted by atomic mass is 16.8. The summed E-state index contributed by atoms with van der Waals surface area (Å²) in [6.45, 7) is 7.34. The van der Waals surface area contributed by atoms with Gasteiger partial charge in [0.15, 0.2) is 6.79 Å². The minimum atomic E-state index is -1.60. The summed E-state index contributed by atoms with van der Waals surface area (Å²) in [7, 11) is 0. The molecule has 0 aromatic heterocycles. The smallest absolute Gasteiger partial charge is 0.459 e. The second-order valence-electron chi connectivity index (χ2n) is 11.9. The van der Waals surface area contributed by atoms with E-state index in [1.54, 1.807) is 20.8 Å². The number of quaternary nitrogens is 1. The average molecular weight is 523 g/mol. The molecule has 0 saturated carbocycles. The summed E-state index contributed by atoms with van der Waals surface area (Å²) in [5.74, 6) is -0.484. The van der Waals surface area contributed by atoms with E-state index in [2.05, 4.69) is 0 Å². The molecule has 7 nitrogen and oxygen atoms in total. The quantitative estimate of drug-likeness (QED) is 0.264. The van der Waals surface area contributed by atoms with Gasteiger partial charge in [0, 0.05) is 38.5 Å². The van der Waals surface area contributed by atoms with Crippen LogP contribution in [0.15, 0.2) is 60.7 Å². The van der Waals surface area contributed by atoms with Gasteiger partial charge in [0.25, 0.3) is 0 Å². The summed E-state index contributed by atoms with van der Waals surface area (Å²) in [5, 5.41) is 0. The van der Waals surface area contributed by atoms with Crippen LogP contribution in [0.5, 0.6) is 0 Å². The maximum atomic E-state index is 14.3. The van der Waals surface area contributed by atoms with E-state index in [0.29, 0.717) is 23.2 Å². The van der Waals surface area contributed by atoms with E-state index in [1.807, 2.05) is 60.7 Å². The Morgan fingerprint density at radius 3 is 1.87 bits per heavy atom. The fourth-order valence-corrected chi connectivity index (χ4v) is 6.96. The zero-order chi connectivity index (χ0) is 26.8. The minimum absolute atomic E-state index is 0.161. The van der Waals surface area contributed by atoms with Crippen LogP contribution < -0.4 is 0 Å². The van der Waals surface area contributed by atoms with Crippen LogP contribution in [-0.4, -0.2) is 60.3 Å². The van der Waals surface area contributed by atoms with Crippen molar-refractivity contribution in [2.24, 2.45) is 0 Å². The Kier molecular flexibility index (Phi) is 7.51.